The summed E-state index contributed by atoms with van der Waals surface area (Å²) in [6.07, 6.45) is 0.788. The summed E-state index contributed by atoms with van der Waals surface area (Å²) in [6, 6.07) is 22.7. The third kappa shape index (κ3) is 5.61. The van der Waals surface area contributed by atoms with Crippen LogP contribution in [0.1, 0.15) is 53.4 Å². The number of methoxy groups -OCH3 is 1. The van der Waals surface area contributed by atoms with Gasteiger partial charge in [-0.1, -0.05) is 89.2 Å². The average molecular weight is 435 g/mol. The summed E-state index contributed by atoms with van der Waals surface area (Å²) < 4.78 is 11.4. The molecular formula is C27H31O3P. The minimum atomic E-state index is -0.216. The van der Waals surface area contributed by atoms with Gasteiger partial charge in [0.1, 0.15) is 5.75 Å². The highest BCUT2D eigenvalue weighted by Gasteiger charge is 2.28. The molecule has 0 radical (unpaired) electrons. The molecule has 0 N–H and O–H groups in total. The first-order valence-electron chi connectivity index (χ1n) is 10.5. The van der Waals surface area contributed by atoms with E-state index in [0.29, 0.717) is 8.58 Å². The van der Waals surface area contributed by atoms with Gasteiger partial charge in [-0.2, -0.15) is 0 Å². The molecule has 0 fully saturated rings. The van der Waals surface area contributed by atoms with Crippen molar-refractivity contribution in [3.8, 4) is 5.75 Å². The van der Waals surface area contributed by atoms with Gasteiger partial charge in [-0.3, -0.25) is 4.79 Å². The third-order valence-electron chi connectivity index (χ3n) is 5.42. The summed E-state index contributed by atoms with van der Waals surface area (Å²) in [6.45, 7) is 8.37. The van der Waals surface area contributed by atoms with Crippen molar-refractivity contribution >= 4 is 19.7 Å². The first-order chi connectivity index (χ1) is 14.8. The van der Waals surface area contributed by atoms with Crippen molar-refractivity contribution in [3.05, 3.63) is 94.5 Å². The summed E-state index contributed by atoms with van der Waals surface area (Å²) >= 11 is 0. The maximum absolute atomic E-state index is 12.3. The Hall–Kier alpha value is -2.48. The highest BCUT2D eigenvalue weighted by molar-refractivity contribution is 7.48. The molecule has 0 saturated heterocycles. The van der Waals surface area contributed by atoms with Gasteiger partial charge in [-0.25, -0.2) is 0 Å². The fraction of sp³-hybridized carbons (Fsp3) is 0.296. The minimum absolute atomic E-state index is 0.107. The van der Waals surface area contributed by atoms with Gasteiger partial charge in [0.25, 0.3) is 0 Å². The maximum Gasteiger partial charge on any atom is 0.188 e. The Labute approximate surface area is 187 Å². The van der Waals surface area contributed by atoms with Gasteiger partial charge in [0.05, 0.1) is 0 Å². The molecule has 3 aromatic rings. The minimum Gasteiger partial charge on any atom is -0.467 e. The van der Waals surface area contributed by atoms with Crippen LogP contribution in [-0.4, -0.2) is 19.7 Å². The number of carbonyl (C=O) groups is 1. The van der Waals surface area contributed by atoms with Gasteiger partial charge < -0.3 is 9.47 Å². The first kappa shape index (κ1) is 23.2. The normalized spacial score (nSPS) is 11.8. The maximum atomic E-state index is 12.3. The number of benzene rings is 3. The zero-order valence-corrected chi connectivity index (χ0v) is 20.0. The zero-order valence-electron chi connectivity index (χ0n) is 19.0. The molecule has 0 aliphatic heterocycles. The summed E-state index contributed by atoms with van der Waals surface area (Å²) in [5, 5.41) is 0.915. The van der Waals surface area contributed by atoms with Crippen LogP contribution < -0.4 is 10.0 Å². The van der Waals surface area contributed by atoms with E-state index in [0.717, 1.165) is 39.7 Å². The van der Waals surface area contributed by atoms with Crippen LogP contribution >= 0.6 is 8.58 Å². The molecule has 3 rings (SSSR count). The molecule has 0 aromatic heterocycles. The van der Waals surface area contributed by atoms with Crippen LogP contribution in [0.4, 0.5) is 0 Å². The molecule has 3 nitrogen and oxygen atoms in total. The van der Waals surface area contributed by atoms with Crippen LogP contribution in [-0.2, 0) is 16.3 Å². The monoisotopic (exact) mass is 434 g/mol. The van der Waals surface area contributed by atoms with E-state index in [4.69, 9.17) is 9.47 Å². The van der Waals surface area contributed by atoms with E-state index >= 15 is 0 Å². The molecule has 0 aliphatic rings. The number of rotatable bonds is 9. The third-order valence-corrected chi connectivity index (χ3v) is 7.23. The topological polar surface area (TPSA) is 35.5 Å². The van der Waals surface area contributed by atoms with E-state index in [2.05, 4.69) is 69.3 Å². The lowest BCUT2D eigenvalue weighted by atomic mass is 9.95. The Morgan fingerprint density at radius 3 is 2.35 bits per heavy atom. The molecule has 31 heavy (non-hydrogen) atoms. The number of hydrogen-bond acceptors (Lipinski definition) is 3. The molecule has 0 aliphatic carbocycles. The van der Waals surface area contributed by atoms with E-state index in [9.17, 15) is 4.79 Å². The van der Waals surface area contributed by atoms with Crippen LogP contribution in [0.3, 0.4) is 0 Å². The van der Waals surface area contributed by atoms with Crippen molar-refractivity contribution in [2.24, 2.45) is 0 Å². The van der Waals surface area contributed by atoms with E-state index in [1.165, 1.54) is 5.56 Å². The highest BCUT2D eigenvalue weighted by atomic mass is 31.1. The molecule has 0 spiro atoms. The molecule has 0 saturated carbocycles. The number of ether oxygens (including phenoxy) is 2. The van der Waals surface area contributed by atoms with Crippen molar-refractivity contribution in [1.82, 2.24) is 0 Å². The van der Waals surface area contributed by atoms with E-state index < -0.39 is 0 Å². The smallest absolute Gasteiger partial charge is 0.188 e. The molecule has 0 heterocycles. The predicted molar refractivity (Wildman–Crippen MR) is 130 cm³/mol. The predicted octanol–water partition coefficient (Wildman–Crippen LogP) is 6.01. The van der Waals surface area contributed by atoms with Gasteiger partial charge in [0, 0.05) is 29.8 Å². The van der Waals surface area contributed by atoms with Crippen LogP contribution in [0.15, 0.2) is 66.7 Å². The average Bonchev–Trinajstić information content (AvgIpc) is 2.74. The second kappa shape index (κ2) is 10.2. The number of carbonyl (C=O) groups excluding carboxylic acids is 1. The van der Waals surface area contributed by atoms with E-state index in [1.54, 1.807) is 14.0 Å². The number of para-hydroxylation sites is 1. The zero-order chi connectivity index (χ0) is 22.4. The fourth-order valence-corrected chi connectivity index (χ4v) is 5.46. The largest absolute Gasteiger partial charge is 0.467 e. The summed E-state index contributed by atoms with van der Waals surface area (Å²) in [7, 11) is 2.06. The second-order valence-corrected chi connectivity index (χ2v) is 10.3. The SMILES string of the molecule is COCOc1c(Cc2ccccc2)cccc1C(C)(C)Pc1c(C)cccc1C(C)=O. The van der Waals surface area contributed by atoms with Crippen LogP contribution in [0.25, 0.3) is 0 Å². The second-order valence-electron chi connectivity index (χ2n) is 8.31. The lowest BCUT2D eigenvalue weighted by Crippen LogP contribution is -2.22. The number of Topliss-reactive ketones (excluding diaryl/α,β-unsaturated/α-hetero) is 1. The van der Waals surface area contributed by atoms with Crippen molar-refractivity contribution in [2.45, 2.75) is 39.3 Å². The summed E-state index contributed by atoms with van der Waals surface area (Å²) in [5.74, 6) is 0.986. The van der Waals surface area contributed by atoms with E-state index in [1.807, 2.05) is 18.2 Å². The van der Waals surface area contributed by atoms with Gasteiger partial charge >= 0.3 is 0 Å². The Bertz CT molecular complexity index is 1040. The first-order valence-corrected chi connectivity index (χ1v) is 11.5. The van der Waals surface area contributed by atoms with Gasteiger partial charge in [-0.05, 0) is 35.8 Å². The molecular weight excluding hydrogens is 403 g/mol. The fourth-order valence-electron chi connectivity index (χ4n) is 3.83. The number of aryl methyl sites for hydroxylation is 1. The standard InChI is InChI=1S/C27H31O3P/c1-19-11-9-15-23(20(2)28)26(19)31-27(3,4)24-16-10-14-22(25(24)30-18-29-5)17-21-12-7-6-8-13-21/h6-16,31H,17-18H2,1-5H3. The molecule has 0 amide bonds. The van der Waals surface area contributed by atoms with Gasteiger partial charge in [0.2, 0.25) is 0 Å². The van der Waals surface area contributed by atoms with Gasteiger partial charge in [0.15, 0.2) is 12.6 Å². The van der Waals surface area contributed by atoms with E-state index in [-0.39, 0.29) is 17.7 Å². The Morgan fingerprint density at radius 1 is 0.968 bits per heavy atom. The Kier molecular flexibility index (Phi) is 7.64. The van der Waals surface area contributed by atoms with Crippen molar-refractivity contribution in [3.63, 3.8) is 0 Å². The Balaban J connectivity index is 2.04. The van der Waals surface area contributed by atoms with Crippen molar-refractivity contribution < 1.29 is 14.3 Å². The molecule has 162 valence electrons. The summed E-state index contributed by atoms with van der Waals surface area (Å²) in [4.78, 5) is 12.3. The van der Waals surface area contributed by atoms with Crippen LogP contribution in [0.5, 0.6) is 5.75 Å². The highest BCUT2D eigenvalue weighted by Crippen LogP contribution is 2.46. The number of ketones is 1. The quantitative estimate of drug-likeness (QED) is 0.235. The van der Waals surface area contributed by atoms with Crippen LogP contribution in [0.2, 0.25) is 0 Å². The molecule has 1 unspecified atom stereocenters. The van der Waals surface area contributed by atoms with Crippen molar-refractivity contribution in [2.75, 3.05) is 13.9 Å². The number of hydrogen-bond donors (Lipinski definition) is 0. The summed E-state index contributed by atoms with van der Waals surface area (Å²) in [5.41, 5.74) is 5.47. The van der Waals surface area contributed by atoms with Gasteiger partial charge in [-0.15, -0.1) is 0 Å². The lowest BCUT2D eigenvalue weighted by molar-refractivity contribution is 0.0495. The van der Waals surface area contributed by atoms with Crippen molar-refractivity contribution in [1.29, 1.82) is 0 Å². The molecule has 1 atom stereocenters. The lowest BCUT2D eigenvalue weighted by Gasteiger charge is -2.30. The molecule has 4 heteroatoms. The molecule has 3 aromatic carbocycles. The Morgan fingerprint density at radius 2 is 1.68 bits per heavy atom. The molecule has 0 bridgehead atoms. The van der Waals surface area contributed by atoms with Crippen LogP contribution in [0, 0.1) is 6.92 Å².